The second-order valence-corrected chi connectivity index (χ2v) is 8.94. The first-order valence-corrected chi connectivity index (χ1v) is 11.4. The van der Waals surface area contributed by atoms with Crippen LogP contribution in [-0.2, 0) is 17.7 Å². The monoisotopic (exact) mass is 422 g/mol. The minimum atomic E-state index is -0.0678. The third-order valence-electron chi connectivity index (χ3n) is 6.07. The molecule has 2 aliphatic rings. The zero-order chi connectivity index (χ0) is 20.5. The Morgan fingerprint density at radius 1 is 1.13 bits per heavy atom. The Balaban J connectivity index is 1.43. The SMILES string of the molecule is Cc1oc(C(=O)N2CCc3sccc3[C@@H]2c2ccccc2)cc1CN1CCOCC1. The number of furan rings is 1. The van der Waals surface area contributed by atoms with Crippen LogP contribution in [0, 0.1) is 6.92 Å². The number of carbonyl (C=O) groups excluding carboxylic acids is 1. The number of benzene rings is 1. The summed E-state index contributed by atoms with van der Waals surface area (Å²) in [6, 6.07) is 14.3. The van der Waals surface area contributed by atoms with Gasteiger partial charge in [0.05, 0.1) is 19.3 Å². The van der Waals surface area contributed by atoms with E-state index in [0.717, 1.165) is 56.2 Å². The van der Waals surface area contributed by atoms with Gasteiger partial charge in [0.2, 0.25) is 0 Å². The molecule has 0 N–H and O–H groups in total. The van der Waals surface area contributed by atoms with E-state index in [9.17, 15) is 4.79 Å². The quantitative estimate of drug-likeness (QED) is 0.630. The normalized spacial score (nSPS) is 19.6. The molecule has 5 rings (SSSR count). The van der Waals surface area contributed by atoms with Gasteiger partial charge in [-0.05, 0) is 42.0 Å². The predicted octanol–water partition coefficient (Wildman–Crippen LogP) is 4.27. The van der Waals surface area contributed by atoms with Crippen molar-refractivity contribution in [3.8, 4) is 0 Å². The highest BCUT2D eigenvalue weighted by atomic mass is 32.1. The van der Waals surface area contributed by atoms with Crippen LogP contribution < -0.4 is 0 Å². The van der Waals surface area contributed by atoms with Crippen LogP contribution in [0.25, 0.3) is 0 Å². The third-order valence-corrected chi connectivity index (χ3v) is 7.07. The molecule has 1 atom stereocenters. The van der Waals surface area contributed by atoms with E-state index < -0.39 is 0 Å². The number of carbonyl (C=O) groups is 1. The largest absolute Gasteiger partial charge is 0.456 e. The number of ether oxygens (including phenoxy) is 1. The smallest absolute Gasteiger partial charge is 0.290 e. The number of hydrogen-bond donors (Lipinski definition) is 0. The first kappa shape index (κ1) is 19.5. The minimum absolute atomic E-state index is 0.0305. The van der Waals surface area contributed by atoms with E-state index in [0.29, 0.717) is 12.3 Å². The Bertz CT molecular complexity index is 1020. The van der Waals surface area contributed by atoms with Crippen molar-refractivity contribution in [2.45, 2.75) is 25.9 Å². The van der Waals surface area contributed by atoms with Crippen molar-refractivity contribution in [2.75, 3.05) is 32.8 Å². The Morgan fingerprint density at radius 3 is 2.73 bits per heavy atom. The number of morpholine rings is 1. The van der Waals surface area contributed by atoms with Gasteiger partial charge in [0.1, 0.15) is 5.76 Å². The van der Waals surface area contributed by atoms with Crippen molar-refractivity contribution in [3.05, 3.63) is 80.9 Å². The standard InChI is InChI=1S/C24H26N2O3S/c1-17-19(16-25-10-12-28-13-11-25)15-21(29-17)24(27)26-9-7-22-20(8-14-30-22)23(26)18-5-3-2-4-6-18/h2-6,8,14-15,23H,7,9-13,16H2,1H3/t23-/m0/s1. The summed E-state index contributed by atoms with van der Waals surface area (Å²) in [4.78, 5) is 19.3. The molecule has 1 amide bonds. The van der Waals surface area contributed by atoms with Crippen LogP contribution in [0.5, 0.6) is 0 Å². The van der Waals surface area contributed by atoms with Crippen molar-refractivity contribution in [3.63, 3.8) is 0 Å². The number of thiophene rings is 1. The van der Waals surface area contributed by atoms with E-state index >= 15 is 0 Å². The van der Waals surface area contributed by atoms with Crippen LogP contribution >= 0.6 is 11.3 Å². The van der Waals surface area contributed by atoms with Crippen LogP contribution in [0.15, 0.2) is 52.3 Å². The van der Waals surface area contributed by atoms with Gasteiger partial charge in [0.15, 0.2) is 5.76 Å². The molecule has 3 aromatic rings. The van der Waals surface area contributed by atoms with E-state index in [1.165, 1.54) is 10.4 Å². The maximum atomic E-state index is 13.6. The highest BCUT2D eigenvalue weighted by Gasteiger charge is 2.34. The second kappa shape index (κ2) is 8.38. The van der Waals surface area contributed by atoms with Crippen molar-refractivity contribution in [1.29, 1.82) is 0 Å². The highest BCUT2D eigenvalue weighted by molar-refractivity contribution is 7.10. The molecule has 5 nitrogen and oxygen atoms in total. The molecule has 2 aliphatic heterocycles. The molecular weight excluding hydrogens is 396 g/mol. The lowest BCUT2D eigenvalue weighted by Crippen LogP contribution is -2.40. The molecule has 0 bridgehead atoms. The maximum Gasteiger partial charge on any atom is 0.290 e. The van der Waals surface area contributed by atoms with Gasteiger partial charge in [-0.25, -0.2) is 0 Å². The van der Waals surface area contributed by atoms with Crippen molar-refractivity contribution >= 4 is 17.2 Å². The van der Waals surface area contributed by atoms with Crippen LogP contribution in [-0.4, -0.2) is 48.6 Å². The zero-order valence-electron chi connectivity index (χ0n) is 17.2. The van der Waals surface area contributed by atoms with Crippen LogP contribution in [0.3, 0.4) is 0 Å². The summed E-state index contributed by atoms with van der Waals surface area (Å²) < 4.78 is 11.4. The summed E-state index contributed by atoms with van der Waals surface area (Å²) in [5, 5.41) is 2.13. The first-order valence-electron chi connectivity index (χ1n) is 10.5. The molecule has 6 heteroatoms. The Labute approximate surface area is 180 Å². The van der Waals surface area contributed by atoms with E-state index in [2.05, 4.69) is 28.5 Å². The van der Waals surface area contributed by atoms with E-state index in [1.54, 1.807) is 11.3 Å². The average molecular weight is 423 g/mol. The summed E-state index contributed by atoms with van der Waals surface area (Å²) in [5.74, 6) is 1.24. The highest BCUT2D eigenvalue weighted by Crippen LogP contribution is 2.38. The second-order valence-electron chi connectivity index (χ2n) is 7.94. The van der Waals surface area contributed by atoms with E-state index in [-0.39, 0.29) is 11.9 Å². The van der Waals surface area contributed by atoms with Gasteiger partial charge in [-0.15, -0.1) is 11.3 Å². The van der Waals surface area contributed by atoms with Crippen molar-refractivity contribution < 1.29 is 13.9 Å². The number of hydrogen-bond acceptors (Lipinski definition) is 5. The molecule has 0 saturated carbocycles. The number of aryl methyl sites for hydroxylation is 1. The van der Waals surface area contributed by atoms with E-state index in [4.69, 9.17) is 9.15 Å². The summed E-state index contributed by atoms with van der Waals surface area (Å²) in [6.45, 7) is 6.80. The van der Waals surface area contributed by atoms with Gasteiger partial charge in [-0.1, -0.05) is 30.3 Å². The van der Waals surface area contributed by atoms with Crippen molar-refractivity contribution in [1.82, 2.24) is 9.80 Å². The van der Waals surface area contributed by atoms with Crippen molar-refractivity contribution in [2.24, 2.45) is 0 Å². The van der Waals surface area contributed by atoms with Crippen LogP contribution in [0.4, 0.5) is 0 Å². The zero-order valence-corrected chi connectivity index (χ0v) is 18.0. The minimum Gasteiger partial charge on any atom is -0.456 e. The Hall–Kier alpha value is -2.41. The topological polar surface area (TPSA) is 45.9 Å². The number of fused-ring (bicyclic) bond motifs is 1. The van der Waals surface area contributed by atoms with Crippen LogP contribution in [0.2, 0.25) is 0 Å². The van der Waals surface area contributed by atoms with Gasteiger partial charge in [-0.3, -0.25) is 9.69 Å². The fourth-order valence-corrected chi connectivity index (χ4v) is 5.36. The fraction of sp³-hybridized carbons (Fsp3) is 0.375. The van der Waals surface area contributed by atoms with Crippen LogP contribution in [0.1, 0.15) is 43.9 Å². The number of nitrogens with zero attached hydrogens (tertiary/aromatic N) is 2. The molecule has 1 aromatic carbocycles. The molecular formula is C24H26N2O3S. The molecule has 0 aliphatic carbocycles. The molecule has 4 heterocycles. The first-order chi connectivity index (χ1) is 14.7. The summed E-state index contributed by atoms with van der Waals surface area (Å²) >= 11 is 1.78. The molecule has 1 saturated heterocycles. The Morgan fingerprint density at radius 2 is 1.93 bits per heavy atom. The maximum absolute atomic E-state index is 13.6. The van der Waals surface area contributed by atoms with Gasteiger partial charge in [-0.2, -0.15) is 0 Å². The number of amides is 1. The number of rotatable bonds is 4. The lowest BCUT2D eigenvalue weighted by Gasteiger charge is -2.35. The third kappa shape index (κ3) is 3.71. The molecule has 0 spiro atoms. The van der Waals surface area contributed by atoms with E-state index in [1.807, 2.05) is 36.1 Å². The lowest BCUT2D eigenvalue weighted by molar-refractivity contribution is 0.0340. The van der Waals surface area contributed by atoms with Gasteiger partial charge >= 0.3 is 0 Å². The molecule has 0 unspecified atom stereocenters. The van der Waals surface area contributed by atoms with Gasteiger partial charge in [0.25, 0.3) is 5.91 Å². The molecule has 0 radical (unpaired) electrons. The predicted molar refractivity (Wildman–Crippen MR) is 117 cm³/mol. The average Bonchev–Trinajstić information content (AvgIpc) is 3.40. The fourth-order valence-electron chi connectivity index (χ4n) is 4.45. The molecule has 30 heavy (non-hydrogen) atoms. The molecule has 2 aromatic heterocycles. The summed E-state index contributed by atoms with van der Waals surface area (Å²) in [7, 11) is 0. The summed E-state index contributed by atoms with van der Waals surface area (Å²) in [6.07, 6.45) is 0.891. The van der Waals surface area contributed by atoms with Gasteiger partial charge in [0, 0.05) is 36.6 Å². The Kier molecular flexibility index (Phi) is 5.46. The molecule has 1 fully saturated rings. The lowest BCUT2D eigenvalue weighted by atomic mass is 9.93. The van der Waals surface area contributed by atoms with Gasteiger partial charge < -0.3 is 14.1 Å². The summed E-state index contributed by atoms with van der Waals surface area (Å²) in [5.41, 5.74) is 3.47. The molecule has 156 valence electrons.